The van der Waals surface area contributed by atoms with Crippen molar-refractivity contribution in [3.8, 4) is 11.1 Å². The fraction of sp³-hybridized carbons (Fsp3) is 0.214. The Morgan fingerprint density at radius 2 is 2.11 bits per heavy atom. The van der Waals surface area contributed by atoms with Crippen LogP contribution in [0.5, 0.6) is 0 Å². The van der Waals surface area contributed by atoms with E-state index in [4.69, 9.17) is 5.73 Å². The van der Waals surface area contributed by atoms with Gasteiger partial charge in [0, 0.05) is 17.0 Å². The highest BCUT2D eigenvalue weighted by Gasteiger charge is 2.16. The van der Waals surface area contributed by atoms with Gasteiger partial charge in [0.15, 0.2) is 0 Å². The summed E-state index contributed by atoms with van der Waals surface area (Å²) in [5.41, 5.74) is 10.3. The first-order valence-corrected chi connectivity index (χ1v) is 6.74. The molecule has 1 aliphatic rings. The van der Waals surface area contributed by atoms with Crippen molar-refractivity contribution in [2.45, 2.75) is 19.8 Å². The molecule has 0 spiro atoms. The lowest BCUT2D eigenvalue weighted by Gasteiger charge is -2.17. The number of carbonyl (C=O) groups excluding carboxylic acids is 1. The molecule has 1 amide bonds. The number of nitrogens with one attached hydrogen (secondary N) is 1. The summed E-state index contributed by atoms with van der Waals surface area (Å²) in [6, 6.07) is 8.19. The number of nitrogen functional groups attached to an aromatic ring is 1. The summed E-state index contributed by atoms with van der Waals surface area (Å²) in [5, 5.41) is 3.74. The number of benzene rings is 1. The minimum Gasteiger partial charge on any atom is -0.391 e. The normalized spacial score (nSPS) is 14.2. The van der Waals surface area contributed by atoms with Gasteiger partial charge in [-0.2, -0.15) is 0 Å². The van der Waals surface area contributed by atoms with E-state index in [1.54, 1.807) is 11.3 Å². The van der Waals surface area contributed by atoms with E-state index in [0.717, 1.165) is 17.1 Å². The van der Waals surface area contributed by atoms with Crippen LogP contribution in [0.4, 0.5) is 10.7 Å². The zero-order valence-electron chi connectivity index (χ0n) is 10.1. The van der Waals surface area contributed by atoms with Crippen LogP contribution in [0.1, 0.15) is 16.9 Å². The second kappa shape index (κ2) is 4.14. The minimum atomic E-state index is 0.103. The highest BCUT2D eigenvalue weighted by atomic mass is 32.1. The maximum absolute atomic E-state index is 11.3. The third-order valence-corrected chi connectivity index (χ3v) is 4.13. The van der Waals surface area contributed by atoms with Crippen molar-refractivity contribution in [3.05, 3.63) is 34.7 Å². The van der Waals surface area contributed by atoms with Gasteiger partial charge < -0.3 is 11.1 Å². The lowest BCUT2D eigenvalue weighted by molar-refractivity contribution is -0.116. The molecule has 1 aromatic carbocycles. The summed E-state index contributed by atoms with van der Waals surface area (Å²) >= 11 is 1.61. The molecule has 18 heavy (non-hydrogen) atoms. The van der Waals surface area contributed by atoms with Crippen molar-refractivity contribution < 1.29 is 4.79 Å². The van der Waals surface area contributed by atoms with Gasteiger partial charge in [0.2, 0.25) is 5.91 Å². The van der Waals surface area contributed by atoms with E-state index in [1.807, 2.05) is 18.2 Å². The highest BCUT2D eigenvalue weighted by molar-refractivity contribution is 7.16. The Hall–Kier alpha value is -1.81. The molecule has 0 fully saturated rings. The van der Waals surface area contributed by atoms with Crippen LogP contribution in [-0.2, 0) is 11.2 Å². The summed E-state index contributed by atoms with van der Waals surface area (Å²) in [5.74, 6) is 0.103. The smallest absolute Gasteiger partial charge is 0.224 e. The summed E-state index contributed by atoms with van der Waals surface area (Å²) in [6.07, 6.45) is 1.38. The molecule has 3 nitrogen and oxygen atoms in total. The van der Waals surface area contributed by atoms with Gasteiger partial charge in [-0.3, -0.25) is 4.79 Å². The molecule has 0 radical (unpaired) electrons. The highest BCUT2D eigenvalue weighted by Crippen LogP contribution is 2.35. The van der Waals surface area contributed by atoms with Crippen LogP contribution in [0.2, 0.25) is 0 Å². The second-order valence-electron chi connectivity index (χ2n) is 4.54. The summed E-state index contributed by atoms with van der Waals surface area (Å²) in [7, 11) is 0. The number of nitrogens with two attached hydrogens (primary N) is 1. The molecule has 4 heteroatoms. The molecular weight excluding hydrogens is 244 g/mol. The van der Waals surface area contributed by atoms with Crippen LogP contribution in [0.15, 0.2) is 24.3 Å². The largest absolute Gasteiger partial charge is 0.391 e. The Balaban J connectivity index is 2.05. The molecule has 0 saturated heterocycles. The van der Waals surface area contributed by atoms with E-state index in [9.17, 15) is 4.79 Å². The van der Waals surface area contributed by atoms with E-state index >= 15 is 0 Å². The second-order valence-corrected chi connectivity index (χ2v) is 5.83. The molecule has 2 aromatic rings. The first kappa shape index (κ1) is 11.3. The zero-order chi connectivity index (χ0) is 12.7. The lowest BCUT2D eigenvalue weighted by atomic mass is 9.97. The summed E-state index contributed by atoms with van der Waals surface area (Å²) in [4.78, 5) is 12.5. The average Bonchev–Trinajstić information content (AvgIpc) is 2.68. The van der Waals surface area contributed by atoms with Crippen molar-refractivity contribution in [1.29, 1.82) is 0 Å². The van der Waals surface area contributed by atoms with Crippen LogP contribution in [0.3, 0.4) is 0 Å². The molecule has 0 saturated carbocycles. The maximum Gasteiger partial charge on any atom is 0.224 e. The number of aryl methyl sites for hydroxylation is 2. The van der Waals surface area contributed by atoms with Gasteiger partial charge in [0.25, 0.3) is 0 Å². The molecule has 0 aliphatic carbocycles. The van der Waals surface area contributed by atoms with E-state index in [0.29, 0.717) is 6.42 Å². The molecule has 1 aromatic heterocycles. The standard InChI is InChI=1S/C14H14N2OS/c1-8-11(7-13(15)18-8)9-2-4-12-10(6-9)3-5-14(17)16-12/h2,4,6-7H,3,5,15H2,1H3,(H,16,17). The van der Waals surface area contributed by atoms with Crippen LogP contribution in [0.25, 0.3) is 11.1 Å². The number of thiophene rings is 1. The Morgan fingerprint density at radius 1 is 1.28 bits per heavy atom. The van der Waals surface area contributed by atoms with Gasteiger partial charge in [-0.25, -0.2) is 0 Å². The average molecular weight is 258 g/mol. The number of hydrogen-bond acceptors (Lipinski definition) is 3. The Bertz CT molecular complexity index is 631. The van der Waals surface area contributed by atoms with Crippen LogP contribution in [-0.4, -0.2) is 5.91 Å². The molecule has 0 bridgehead atoms. The summed E-state index contributed by atoms with van der Waals surface area (Å²) in [6.45, 7) is 2.08. The molecule has 92 valence electrons. The molecule has 3 N–H and O–H groups in total. The predicted octanol–water partition coefficient (Wildman–Crippen LogP) is 3.19. The van der Waals surface area contributed by atoms with Crippen molar-refractivity contribution in [1.82, 2.24) is 0 Å². The molecule has 1 aliphatic heterocycles. The number of fused-ring (bicyclic) bond motifs is 1. The lowest BCUT2D eigenvalue weighted by Crippen LogP contribution is -2.18. The van der Waals surface area contributed by atoms with Crippen LogP contribution < -0.4 is 11.1 Å². The fourth-order valence-electron chi connectivity index (χ4n) is 2.34. The first-order chi connectivity index (χ1) is 8.63. The van der Waals surface area contributed by atoms with Gasteiger partial charge >= 0.3 is 0 Å². The predicted molar refractivity (Wildman–Crippen MR) is 75.9 cm³/mol. The molecule has 2 heterocycles. The van der Waals surface area contributed by atoms with Gasteiger partial charge in [-0.05, 0) is 48.2 Å². The Labute approximate surface area is 110 Å². The molecular formula is C14H14N2OS. The van der Waals surface area contributed by atoms with Crippen molar-refractivity contribution in [2.75, 3.05) is 11.1 Å². The van der Waals surface area contributed by atoms with Crippen LogP contribution >= 0.6 is 11.3 Å². The Morgan fingerprint density at radius 3 is 2.83 bits per heavy atom. The quantitative estimate of drug-likeness (QED) is 0.825. The number of amides is 1. The van der Waals surface area contributed by atoms with E-state index in [1.165, 1.54) is 21.6 Å². The van der Waals surface area contributed by atoms with Gasteiger partial charge in [0.05, 0.1) is 5.00 Å². The number of anilines is 2. The van der Waals surface area contributed by atoms with E-state index < -0.39 is 0 Å². The minimum absolute atomic E-state index is 0.103. The number of hydrogen-bond donors (Lipinski definition) is 2. The van der Waals surface area contributed by atoms with E-state index in [-0.39, 0.29) is 5.91 Å². The fourth-order valence-corrected chi connectivity index (χ4v) is 3.16. The van der Waals surface area contributed by atoms with Crippen molar-refractivity contribution >= 4 is 27.9 Å². The maximum atomic E-state index is 11.3. The third-order valence-electron chi connectivity index (χ3n) is 3.25. The van der Waals surface area contributed by atoms with Crippen molar-refractivity contribution in [3.63, 3.8) is 0 Å². The summed E-state index contributed by atoms with van der Waals surface area (Å²) < 4.78 is 0. The molecule has 0 unspecified atom stereocenters. The van der Waals surface area contributed by atoms with Crippen molar-refractivity contribution in [2.24, 2.45) is 0 Å². The SMILES string of the molecule is Cc1sc(N)cc1-c1ccc2c(c1)CCC(=O)N2. The van der Waals surface area contributed by atoms with E-state index in [2.05, 4.69) is 18.3 Å². The first-order valence-electron chi connectivity index (χ1n) is 5.92. The zero-order valence-corrected chi connectivity index (χ0v) is 10.9. The van der Waals surface area contributed by atoms with Gasteiger partial charge in [-0.15, -0.1) is 11.3 Å². The third kappa shape index (κ3) is 1.88. The van der Waals surface area contributed by atoms with Gasteiger partial charge in [-0.1, -0.05) is 6.07 Å². The molecule has 0 atom stereocenters. The molecule has 3 rings (SSSR count). The number of carbonyl (C=O) groups is 1. The van der Waals surface area contributed by atoms with Crippen LogP contribution in [0, 0.1) is 6.92 Å². The topological polar surface area (TPSA) is 55.1 Å². The monoisotopic (exact) mass is 258 g/mol. The van der Waals surface area contributed by atoms with Gasteiger partial charge in [0.1, 0.15) is 0 Å². The number of rotatable bonds is 1. The Kier molecular flexibility index (Phi) is 2.59.